The number of aliphatic hydroxyl groups is 1. The molecular weight excluding hydrogens is 357 g/mol. The lowest BCUT2D eigenvalue weighted by molar-refractivity contribution is -0.0355. The van der Waals surface area contributed by atoms with Crippen molar-refractivity contribution in [2.24, 2.45) is 0 Å². The molecule has 24 heavy (non-hydrogen) atoms. The van der Waals surface area contributed by atoms with E-state index in [4.69, 9.17) is 31.3 Å². The Morgan fingerprint density at radius 2 is 2.21 bits per heavy atom. The quantitative estimate of drug-likeness (QED) is 0.627. The van der Waals surface area contributed by atoms with Crippen LogP contribution in [0.15, 0.2) is 12.7 Å². The third-order valence-corrected chi connectivity index (χ3v) is 5.54. The van der Waals surface area contributed by atoms with Gasteiger partial charge in [-0.3, -0.25) is 9.09 Å². The second-order valence-corrected chi connectivity index (χ2v) is 8.17. The molecular formula is C12H18N5O5PS. The van der Waals surface area contributed by atoms with Crippen molar-refractivity contribution in [2.45, 2.75) is 37.9 Å². The Labute approximate surface area is 142 Å². The number of nitrogen functional groups attached to an aromatic ring is 1. The molecule has 0 radical (unpaired) electrons. The number of fused-ring (bicyclic) bond motifs is 1. The molecule has 2 aromatic heterocycles. The maximum Gasteiger partial charge on any atom is 0.324 e. The molecule has 4 N–H and O–H groups in total. The van der Waals surface area contributed by atoms with Gasteiger partial charge in [0, 0.05) is 7.11 Å². The zero-order valence-electron chi connectivity index (χ0n) is 13.0. The highest BCUT2D eigenvalue weighted by molar-refractivity contribution is 8.07. The Kier molecular flexibility index (Phi) is 4.85. The molecule has 2 aromatic rings. The third-order valence-electron chi connectivity index (χ3n) is 3.86. The highest BCUT2D eigenvalue weighted by Crippen LogP contribution is 2.48. The van der Waals surface area contributed by atoms with Crippen LogP contribution < -0.4 is 5.73 Å². The van der Waals surface area contributed by atoms with Gasteiger partial charge < -0.3 is 25.0 Å². The van der Waals surface area contributed by atoms with Gasteiger partial charge in [-0.25, -0.2) is 15.0 Å². The molecule has 0 aliphatic carbocycles. The number of aromatic nitrogens is 4. The number of hydrogen-bond donors (Lipinski definition) is 3. The molecule has 0 amide bonds. The Balaban J connectivity index is 1.94. The van der Waals surface area contributed by atoms with Crippen LogP contribution in [-0.2, 0) is 25.6 Å². The summed E-state index contributed by atoms with van der Waals surface area (Å²) < 4.78 is 17.6. The third kappa shape index (κ3) is 3.04. The molecule has 3 unspecified atom stereocenters. The summed E-state index contributed by atoms with van der Waals surface area (Å²) in [5, 5.41) is 10.6. The van der Waals surface area contributed by atoms with Crippen molar-refractivity contribution in [3.8, 4) is 0 Å². The van der Waals surface area contributed by atoms with E-state index in [1.807, 2.05) is 6.92 Å². The molecule has 0 aromatic carbocycles. The van der Waals surface area contributed by atoms with Crippen molar-refractivity contribution in [3.05, 3.63) is 12.7 Å². The summed E-state index contributed by atoms with van der Waals surface area (Å²) in [5.74, 6) is 0.233. The van der Waals surface area contributed by atoms with Gasteiger partial charge in [-0.15, -0.1) is 0 Å². The van der Waals surface area contributed by atoms with Crippen LogP contribution in [0.1, 0.15) is 19.6 Å². The fourth-order valence-electron chi connectivity index (χ4n) is 2.66. The summed E-state index contributed by atoms with van der Waals surface area (Å²) in [6, 6.07) is 0. The number of hydrogen-bond acceptors (Lipinski definition) is 9. The Hall–Kier alpha value is -1.20. The zero-order valence-corrected chi connectivity index (χ0v) is 14.7. The Morgan fingerprint density at radius 1 is 1.46 bits per heavy atom. The van der Waals surface area contributed by atoms with Crippen molar-refractivity contribution in [1.82, 2.24) is 19.5 Å². The highest BCUT2D eigenvalue weighted by atomic mass is 32.5. The highest BCUT2D eigenvalue weighted by Gasteiger charge is 2.47. The molecule has 132 valence electrons. The summed E-state index contributed by atoms with van der Waals surface area (Å²) in [7, 11) is 1.25. The molecule has 10 nitrogen and oxygen atoms in total. The SMILES string of the molecule is CC[C@H]1O[C@@H](n2cnc3c(N)ncnc32)C(O)C1OP(O)(=S)OC. The first-order chi connectivity index (χ1) is 11.4. The van der Waals surface area contributed by atoms with E-state index < -0.39 is 31.3 Å². The molecule has 1 aliphatic rings. The van der Waals surface area contributed by atoms with Crippen LogP contribution in [0.25, 0.3) is 11.2 Å². The van der Waals surface area contributed by atoms with Gasteiger partial charge in [0.25, 0.3) is 0 Å². The standard InChI is InChI=1S/C12H18N5O5PS/c1-3-6-9(22-23(19,24)20-2)8(18)12(21-6)17-5-16-7-10(13)14-4-15-11(7)17/h4-6,8-9,12,18H,3H2,1-2H3,(H,19,24)(H2,13,14,15)/t6-,8?,9?,12-,23?/m1/s1. The normalized spacial score (nSPS) is 29.8. The van der Waals surface area contributed by atoms with E-state index in [0.717, 1.165) is 0 Å². The second kappa shape index (κ2) is 6.60. The first kappa shape index (κ1) is 17.6. The van der Waals surface area contributed by atoms with Crippen LogP contribution in [-0.4, -0.2) is 54.9 Å². The van der Waals surface area contributed by atoms with E-state index in [-0.39, 0.29) is 5.82 Å². The average Bonchev–Trinajstić information content (AvgIpc) is 3.10. The number of nitrogens with two attached hydrogens (primary N) is 1. The zero-order chi connectivity index (χ0) is 17.5. The van der Waals surface area contributed by atoms with Crippen molar-refractivity contribution in [3.63, 3.8) is 0 Å². The molecule has 3 rings (SSSR count). The Morgan fingerprint density at radius 3 is 2.88 bits per heavy atom. The van der Waals surface area contributed by atoms with Crippen LogP contribution in [0.4, 0.5) is 5.82 Å². The average molecular weight is 375 g/mol. The first-order valence-electron chi connectivity index (χ1n) is 7.21. The van der Waals surface area contributed by atoms with Gasteiger partial charge in [-0.1, -0.05) is 6.92 Å². The van der Waals surface area contributed by atoms with Gasteiger partial charge in [-0.05, 0) is 18.2 Å². The van der Waals surface area contributed by atoms with Crippen molar-refractivity contribution in [2.75, 3.05) is 12.8 Å². The maximum absolute atomic E-state index is 10.6. The molecule has 5 atom stereocenters. The predicted molar refractivity (Wildman–Crippen MR) is 88.3 cm³/mol. The minimum Gasteiger partial charge on any atom is -0.386 e. The van der Waals surface area contributed by atoms with Crippen LogP contribution >= 0.6 is 6.72 Å². The summed E-state index contributed by atoms with van der Waals surface area (Å²) in [4.78, 5) is 22.1. The predicted octanol–water partition coefficient (Wildman–Crippen LogP) is 0.325. The van der Waals surface area contributed by atoms with Crippen LogP contribution in [0.3, 0.4) is 0 Å². The summed E-state index contributed by atoms with van der Waals surface area (Å²) in [6.07, 6.45) is 0.0735. The maximum atomic E-state index is 10.6. The molecule has 0 bridgehead atoms. The molecule has 1 saturated heterocycles. The van der Waals surface area contributed by atoms with Gasteiger partial charge in [0.15, 0.2) is 17.7 Å². The smallest absolute Gasteiger partial charge is 0.324 e. The fourth-order valence-corrected chi connectivity index (χ4v) is 3.61. The lowest BCUT2D eigenvalue weighted by Crippen LogP contribution is -2.33. The van der Waals surface area contributed by atoms with E-state index in [9.17, 15) is 10.00 Å². The lowest BCUT2D eigenvalue weighted by Gasteiger charge is -2.23. The fraction of sp³-hybridized carbons (Fsp3) is 0.583. The van der Waals surface area contributed by atoms with Gasteiger partial charge in [0.05, 0.1) is 12.4 Å². The number of imidazole rings is 1. The van der Waals surface area contributed by atoms with E-state index >= 15 is 0 Å². The Bertz CT molecular complexity index is 788. The molecule has 0 saturated carbocycles. The summed E-state index contributed by atoms with van der Waals surface area (Å²) in [5.41, 5.74) is 6.61. The van der Waals surface area contributed by atoms with Crippen molar-refractivity contribution in [1.29, 1.82) is 0 Å². The molecule has 0 spiro atoms. The van der Waals surface area contributed by atoms with E-state index in [0.29, 0.717) is 17.6 Å². The molecule has 3 heterocycles. The first-order valence-corrected chi connectivity index (χ1v) is 9.80. The number of ether oxygens (including phenoxy) is 1. The van der Waals surface area contributed by atoms with Gasteiger partial charge in [0.2, 0.25) is 0 Å². The lowest BCUT2D eigenvalue weighted by atomic mass is 10.1. The van der Waals surface area contributed by atoms with E-state index in [2.05, 4.69) is 15.0 Å². The van der Waals surface area contributed by atoms with Gasteiger partial charge in [-0.2, -0.15) is 0 Å². The molecule has 1 fully saturated rings. The van der Waals surface area contributed by atoms with Crippen LogP contribution in [0.5, 0.6) is 0 Å². The summed E-state index contributed by atoms with van der Waals surface area (Å²) in [6.45, 7) is -1.58. The van der Waals surface area contributed by atoms with Gasteiger partial charge in [0.1, 0.15) is 24.1 Å². The summed E-state index contributed by atoms with van der Waals surface area (Å²) >= 11 is 4.87. The largest absolute Gasteiger partial charge is 0.386 e. The van der Waals surface area contributed by atoms with Crippen LogP contribution in [0.2, 0.25) is 0 Å². The van der Waals surface area contributed by atoms with Crippen molar-refractivity contribution >= 4 is 35.5 Å². The second-order valence-electron chi connectivity index (χ2n) is 5.27. The van der Waals surface area contributed by atoms with Gasteiger partial charge >= 0.3 is 6.72 Å². The van der Waals surface area contributed by atoms with Crippen LogP contribution in [0, 0.1) is 0 Å². The topological polar surface area (TPSA) is 138 Å². The van der Waals surface area contributed by atoms with E-state index in [1.165, 1.54) is 19.8 Å². The number of nitrogens with zero attached hydrogens (tertiary/aromatic N) is 4. The number of rotatable bonds is 5. The van der Waals surface area contributed by atoms with E-state index in [1.54, 1.807) is 4.57 Å². The number of anilines is 1. The monoisotopic (exact) mass is 375 g/mol. The minimum atomic E-state index is -3.45. The molecule has 12 heteroatoms. The molecule has 1 aliphatic heterocycles. The minimum absolute atomic E-state index is 0.233. The van der Waals surface area contributed by atoms with Crippen molar-refractivity contribution < 1.29 is 23.8 Å². The number of aliphatic hydroxyl groups excluding tert-OH is 1.